The van der Waals surface area contributed by atoms with Crippen LogP contribution in [0.25, 0.3) is 0 Å². The normalized spacial score (nSPS) is 11.7. The van der Waals surface area contributed by atoms with E-state index in [-0.39, 0.29) is 11.9 Å². The summed E-state index contributed by atoms with van der Waals surface area (Å²) in [6.45, 7) is 8.91. The van der Waals surface area contributed by atoms with Gasteiger partial charge in [0.25, 0.3) is 5.91 Å². The van der Waals surface area contributed by atoms with Gasteiger partial charge in [0, 0.05) is 5.56 Å². The quantitative estimate of drug-likeness (QED) is 0.825. The molecule has 0 heterocycles. The summed E-state index contributed by atoms with van der Waals surface area (Å²) in [5.41, 5.74) is 2.63. The highest BCUT2D eigenvalue weighted by Gasteiger charge is 2.15. The standard InChI is InChI=1S/C20H25NO3/c1-5-23-18-12-11-16(13-19(18)24-6-2)15(4)21-20(22)17-10-8-7-9-14(17)3/h7-13,15H,5-6H2,1-4H3,(H,21,22). The average Bonchev–Trinajstić information content (AvgIpc) is 2.57. The number of rotatable bonds is 7. The van der Waals surface area contributed by atoms with Crippen LogP contribution in [0.4, 0.5) is 0 Å². The number of hydrogen-bond donors (Lipinski definition) is 1. The molecule has 0 radical (unpaired) electrons. The topological polar surface area (TPSA) is 47.6 Å². The summed E-state index contributed by atoms with van der Waals surface area (Å²) in [4.78, 5) is 12.5. The van der Waals surface area contributed by atoms with Crippen molar-refractivity contribution < 1.29 is 14.3 Å². The minimum absolute atomic E-state index is 0.0764. The fourth-order valence-corrected chi connectivity index (χ4v) is 2.52. The molecule has 2 aromatic rings. The largest absolute Gasteiger partial charge is 0.490 e. The molecule has 0 aliphatic rings. The first-order valence-electron chi connectivity index (χ1n) is 8.32. The fraction of sp³-hybridized carbons (Fsp3) is 0.350. The van der Waals surface area contributed by atoms with E-state index in [0.717, 1.165) is 16.9 Å². The number of nitrogens with one attached hydrogen (secondary N) is 1. The van der Waals surface area contributed by atoms with Crippen molar-refractivity contribution in [2.75, 3.05) is 13.2 Å². The summed E-state index contributed by atoms with van der Waals surface area (Å²) >= 11 is 0. The number of carbonyl (C=O) groups excluding carboxylic acids is 1. The highest BCUT2D eigenvalue weighted by atomic mass is 16.5. The molecule has 1 atom stereocenters. The smallest absolute Gasteiger partial charge is 0.252 e. The maximum atomic E-state index is 12.5. The second kappa shape index (κ2) is 8.39. The molecule has 1 amide bonds. The molecule has 4 nitrogen and oxygen atoms in total. The first-order chi connectivity index (χ1) is 11.6. The average molecular weight is 327 g/mol. The molecule has 2 rings (SSSR count). The molecule has 0 spiro atoms. The van der Waals surface area contributed by atoms with Crippen molar-refractivity contribution in [1.82, 2.24) is 5.32 Å². The van der Waals surface area contributed by atoms with E-state index in [9.17, 15) is 4.79 Å². The van der Waals surface area contributed by atoms with Gasteiger partial charge in [0.05, 0.1) is 19.3 Å². The SMILES string of the molecule is CCOc1ccc(C(C)NC(=O)c2ccccc2C)cc1OCC. The summed E-state index contributed by atoms with van der Waals surface area (Å²) in [6, 6.07) is 13.2. The summed E-state index contributed by atoms with van der Waals surface area (Å²) in [5.74, 6) is 1.35. The van der Waals surface area contributed by atoms with Crippen LogP contribution in [0.5, 0.6) is 11.5 Å². The van der Waals surface area contributed by atoms with Crippen LogP contribution in [0.2, 0.25) is 0 Å². The number of hydrogen-bond acceptors (Lipinski definition) is 3. The number of carbonyl (C=O) groups is 1. The predicted molar refractivity (Wildman–Crippen MR) is 95.8 cm³/mol. The van der Waals surface area contributed by atoms with E-state index in [2.05, 4.69) is 5.32 Å². The molecule has 1 unspecified atom stereocenters. The number of ether oxygens (including phenoxy) is 2. The van der Waals surface area contributed by atoms with Crippen LogP contribution in [0.15, 0.2) is 42.5 Å². The van der Waals surface area contributed by atoms with Crippen LogP contribution in [-0.2, 0) is 0 Å². The van der Waals surface area contributed by atoms with Crippen molar-refractivity contribution in [1.29, 1.82) is 0 Å². The van der Waals surface area contributed by atoms with E-state index in [1.165, 1.54) is 0 Å². The molecule has 0 aromatic heterocycles. The molecule has 4 heteroatoms. The Labute approximate surface area is 143 Å². The van der Waals surface area contributed by atoms with Gasteiger partial charge in [0.2, 0.25) is 0 Å². The lowest BCUT2D eigenvalue weighted by Gasteiger charge is -2.18. The monoisotopic (exact) mass is 327 g/mol. The summed E-state index contributed by atoms with van der Waals surface area (Å²) < 4.78 is 11.2. The molecule has 0 saturated carbocycles. The molecule has 0 aliphatic heterocycles. The summed E-state index contributed by atoms with van der Waals surface area (Å²) in [7, 11) is 0. The first kappa shape index (κ1) is 17.9. The Balaban J connectivity index is 2.17. The number of benzene rings is 2. The van der Waals surface area contributed by atoms with Crippen molar-refractivity contribution in [3.8, 4) is 11.5 Å². The highest BCUT2D eigenvalue weighted by molar-refractivity contribution is 5.95. The minimum Gasteiger partial charge on any atom is -0.490 e. The second-order valence-corrected chi connectivity index (χ2v) is 5.58. The van der Waals surface area contributed by atoms with Crippen LogP contribution in [0, 0.1) is 6.92 Å². The molecule has 0 bridgehead atoms. The van der Waals surface area contributed by atoms with Gasteiger partial charge in [-0.15, -0.1) is 0 Å². The molecular weight excluding hydrogens is 302 g/mol. The van der Waals surface area contributed by atoms with Crippen molar-refractivity contribution in [2.45, 2.75) is 33.7 Å². The molecule has 2 aromatic carbocycles. The minimum atomic E-state index is -0.132. The Bertz CT molecular complexity index is 697. The Morgan fingerprint density at radius 1 is 1.04 bits per heavy atom. The zero-order valence-electron chi connectivity index (χ0n) is 14.8. The Morgan fingerprint density at radius 3 is 2.38 bits per heavy atom. The third-order valence-electron chi connectivity index (χ3n) is 3.80. The van der Waals surface area contributed by atoms with Gasteiger partial charge >= 0.3 is 0 Å². The lowest BCUT2D eigenvalue weighted by Crippen LogP contribution is -2.27. The Hall–Kier alpha value is -2.49. The first-order valence-corrected chi connectivity index (χ1v) is 8.32. The maximum Gasteiger partial charge on any atom is 0.252 e. The zero-order valence-corrected chi connectivity index (χ0v) is 14.8. The van der Waals surface area contributed by atoms with Gasteiger partial charge in [-0.1, -0.05) is 24.3 Å². The maximum absolute atomic E-state index is 12.5. The number of amides is 1. The molecule has 0 saturated heterocycles. The van der Waals surface area contributed by atoms with Gasteiger partial charge in [-0.3, -0.25) is 4.79 Å². The van der Waals surface area contributed by atoms with Crippen LogP contribution in [-0.4, -0.2) is 19.1 Å². The van der Waals surface area contributed by atoms with E-state index in [1.807, 2.05) is 70.2 Å². The summed E-state index contributed by atoms with van der Waals surface area (Å²) in [6.07, 6.45) is 0. The Morgan fingerprint density at radius 2 is 1.71 bits per heavy atom. The molecule has 128 valence electrons. The fourth-order valence-electron chi connectivity index (χ4n) is 2.52. The zero-order chi connectivity index (χ0) is 17.5. The lowest BCUT2D eigenvalue weighted by molar-refractivity contribution is 0.0939. The summed E-state index contributed by atoms with van der Waals surface area (Å²) in [5, 5.41) is 3.04. The predicted octanol–water partition coefficient (Wildman–Crippen LogP) is 4.28. The molecule has 0 fully saturated rings. The lowest BCUT2D eigenvalue weighted by atomic mass is 10.1. The number of aryl methyl sites for hydroxylation is 1. The van der Waals surface area contributed by atoms with Crippen molar-refractivity contribution >= 4 is 5.91 Å². The van der Waals surface area contributed by atoms with Crippen molar-refractivity contribution in [3.63, 3.8) is 0 Å². The van der Waals surface area contributed by atoms with E-state index >= 15 is 0 Å². The Kier molecular flexibility index (Phi) is 6.24. The van der Waals surface area contributed by atoms with Crippen LogP contribution in [0.3, 0.4) is 0 Å². The van der Waals surface area contributed by atoms with Crippen LogP contribution >= 0.6 is 0 Å². The van der Waals surface area contributed by atoms with Gasteiger partial charge in [0.1, 0.15) is 0 Å². The van der Waals surface area contributed by atoms with Gasteiger partial charge in [-0.25, -0.2) is 0 Å². The van der Waals surface area contributed by atoms with Crippen molar-refractivity contribution in [2.24, 2.45) is 0 Å². The molecule has 24 heavy (non-hydrogen) atoms. The van der Waals surface area contributed by atoms with E-state index < -0.39 is 0 Å². The molecule has 0 aliphatic carbocycles. The molecule has 1 N–H and O–H groups in total. The highest BCUT2D eigenvalue weighted by Crippen LogP contribution is 2.30. The van der Waals surface area contributed by atoms with Gasteiger partial charge in [-0.2, -0.15) is 0 Å². The van der Waals surface area contributed by atoms with E-state index in [1.54, 1.807) is 0 Å². The van der Waals surface area contributed by atoms with E-state index in [4.69, 9.17) is 9.47 Å². The van der Waals surface area contributed by atoms with Crippen molar-refractivity contribution in [3.05, 3.63) is 59.2 Å². The van der Waals surface area contributed by atoms with Crippen LogP contribution < -0.4 is 14.8 Å². The second-order valence-electron chi connectivity index (χ2n) is 5.58. The van der Waals surface area contributed by atoms with Crippen LogP contribution in [0.1, 0.15) is 48.3 Å². The molecular formula is C20H25NO3. The van der Waals surface area contributed by atoms with Gasteiger partial charge in [0.15, 0.2) is 11.5 Å². The third kappa shape index (κ3) is 4.28. The van der Waals surface area contributed by atoms with Gasteiger partial charge < -0.3 is 14.8 Å². The van der Waals surface area contributed by atoms with E-state index in [0.29, 0.717) is 24.5 Å². The third-order valence-corrected chi connectivity index (χ3v) is 3.80. The van der Waals surface area contributed by atoms with Gasteiger partial charge in [-0.05, 0) is 57.0 Å².